The third kappa shape index (κ3) is 6.34. The highest BCUT2D eigenvalue weighted by Gasteiger charge is 2.28. The maximum atomic E-state index is 12.2. The SMILES string of the molecule is NC(=O)NCc1ccc(C(=O)Nc2ccc(OCC(F)(F)F)cc2)cc1. The maximum absolute atomic E-state index is 12.2. The summed E-state index contributed by atoms with van der Waals surface area (Å²) in [5.41, 5.74) is 6.54. The maximum Gasteiger partial charge on any atom is 0.422 e. The molecule has 0 saturated heterocycles. The molecule has 138 valence electrons. The summed E-state index contributed by atoms with van der Waals surface area (Å²) in [6.07, 6.45) is -4.41. The number of urea groups is 1. The molecule has 0 heterocycles. The largest absolute Gasteiger partial charge is 0.484 e. The second kappa shape index (κ2) is 8.24. The third-order valence-corrected chi connectivity index (χ3v) is 3.20. The lowest BCUT2D eigenvalue weighted by Crippen LogP contribution is -2.28. The van der Waals surface area contributed by atoms with Crippen LogP contribution in [0.5, 0.6) is 5.75 Å². The minimum atomic E-state index is -4.41. The van der Waals surface area contributed by atoms with E-state index in [1.165, 1.54) is 24.3 Å². The topological polar surface area (TPSA) is 93.5 Å². The van der Waals surface area contributed by atoms with Gasteiger partial charge in [0.05, 0.1) is 0 Å². The molecule has 2 rings (SSSR count). The molecular weight excluding hydrogens is 351 g/mol. The van der Waals surface area contributed by atoms with Crippen LogP contribution >= 0.6 is 0 Å². The van der Waals surface area contributed by atoms with Crippen molar-refractivity contribution in [1.29, 1.82) is 0 Å². The van der Waals surface area contributed by atoms with Crippen molar-refractivity contribution < 1.29 is 27.5 Å². The number of halogens is 3. The van der Waals surface area contributed by atoms with Crippen LogP contribution in [0.4, 0.5) is 23.7 Å². The Morgan fingerprint density at radius 2 is 1.62 bits per heavy atom. The molecule has 0 bridgehead atoms. The number of rotatable bonds is 6. The van der Waals surface area contributed by atoms with Crippen LogP contribution < -0.4 is 21.1 Å². The Bertz CT molecular complexity index is 760. The van der Waals surface area contributed by atoms with Crippen molar-refractivity contribution in [2.45, 2.75) is 12.7 Å². The first kappa shape index (κ1) is 19.1. The van der Waals surface area contributed by atoms with Gasteiger partial charge in [-0.05, 0) is 42.0 Å². The number of benzene rings is 2. The number of hydrogen-bond acceptors (Lipinski definition) is 3. The zero-order valence-electron chi connectivity index (χ0n) is 13.5. The molecule has 26 heavy (non-hydrogen) atoms. The number of carbonyl (C=O) groups is 2. The summed E-state index contributed by atoms with van der Waals surface area (Å²) < 4.78 is 40.9. The van der Waals surface area contributed by atoms with Crippen molar-refractivity contribution in [1.82, 2.24) is 5.32 Å². The highest BCUT2D eigenvalue weighted by molar-refractivity contribution is 6.04. The Kier molecular flexibility index (Phi) is 6.05. The van der Waals surface area contributed by atoms with Gasteiger partial charge in [-0.1, -0.05) is 12.1 Å². The monoisotopic (exact) mass is 367 g/mol. The Hall–Kier alpha value is -3.23. The van der Waals surface area contributed by atoms with Gasteiger partial charge in [0.15, 0.2) is 6.61 Å². The molecule has 4 N–H and O–H groups in total. The zero-order chi connectivity index (χ0) is 19.2. The molecule has 0 aliphatic rings. The number of amides is 3. The number of alkyl halides is 3. The molecule has 0 saturated carbocycles. The predicted molar refractivity (Wildman–Crippen MR) is 88.8 cm³/mol. The van der Waals surface area contributed by atoms with Crippen molar-refractivity contribution in [3.8, 4) is 5.75 Å². The molecule has 2 aromatic rings. The van der Waals surface area contributed by atoms with Gasteiger partial charge in [-0.3, -0.25) is 4.79 Å². The van der Waals surface area contributed by atoms with Crippen LogP contribution in [0.15, 0.2) is 48.5 Å². The second-order valence-electron chi connectivity index (χ2n) is 5.30. The standard InChI is InChI=1S/C17H16F3N3O3/c18-17(19,20)10-26-14-7-5-13(6-8-14)23-15(24)12-3-1-11(2-4-12)9-22-16(21)25/h1-8H,9-10H2,(H,23,24)(H3,21,22,25). The molecule has 0 unspecified atom stereocenters. The lowest BCUT2D eigenvalue weighted by molar-refractivity contribution is -0.153. The van der Waals surface area contributed by atoms with E-state index in [1.54, 1.807) is 24.3 Å². The molecule has 0 radical (unpaired) electrons. The average molecular weight is 367 g/mol. The normalized spacial score (nSPS) is 10.9. The number of hydrogen-bond donors (Lipinski definition) is 3. The molecule has 3 amide bonds. The number of nitrogens with one attached hydrogen (secondary N) is 2. The molecule has 0 aromatic heterocycles. The van der Waals surface area contributed by atoms with Crippen molar-refractivity contribution in [2.75, 3.05) is 11.9 Å². The molecule has 0 aliphatic carbocycles. The van der Waals surface area contributed by atoms with Crippen LogP contribution in [0.3, 0.4) is 0 Å². The fraction of sp³-hybridized carbons (Fsp3) is 0.176. The Labute approximate surface area is 147 Å². The van der Waals surface area contributed by atoms with Crippen molar-refractivity contribution >= 4 is 17.6 Å². The van der Waals surface area contributed by atoms with Crippen LogP contribution in [0, 0.1) is 0 Å². The first-order valence-corrected chi connectivity index (χ1v) is 7.46. The lowest BCUT2D eigenvalue weighted by atomic mass is 10.1. The zero-order valence-corrected chi connectivity index (χ0v) is 13.5. The fourth-order valence-corrected chi connectivity index (χ4v) is 1.97. The average Bonchev–Trinajstić information content (AvgIpc) is 2.59. The van der Waals surface area contributed by atoms with Crippen LogP contribution in [-0.2, 0) is 6.54 Å². The van der Waals surface area contributed by atoms with E-state index < -0.39 is 18.8 Å². The quantitative estimate of drug-likeness (QED) is 0.733. The minimum Gasteiger partial charge on any atom is -0.484 e. The van der Waals surface area contributed by atoms with Crippen molar-refractivity contribution in [2.24, 2.45) is 5.73 Å². The molecule has 9 heteroatoms. The highest BCUT2D eigenvalue weighted by atomic mass is 19.4. The van der Waals surface area contributed by atoms with E-state index in [1.807, 2.05) is 0 Å². The van der Waals surface area contributed by atoms with Crippen LogP contribution in [0.1, 0.15) is 15.9 Å². The molecule has 2 aromatic carbocycles. The molecule has 0 fully saturated rings. The van der Waals surface area contributed by atoms with E-state index in [4.69, 9.17) is 5.73 Å². The van der Waals surface area contributed by atoms with Crippen LogP contribution in [-0.4, -0.2) is 24.7 Å². The van der Waals surface area contributed by atoms with Gasteiger partial charge in [-0.2, -0.15) is 13.2 Å². The van der Waals surface area contributed by atoms with Crippen LogP contribution in [0.25, 0.3) is 0 Å². The van der Waals surface area contributed by atoms with Gasteiger partial charge in [0.2, 0.25) is 0 Å². The van der Waals surface area contributed by atoms with Gasteiger partial charge in [0.1, 0.15) is 5.75 Å². The summed E-state index contributed by atoms with van der Waals surface area (Å²) in [5.74, 6) is -0.338. The minimum absolute atomic E-state index is 0.0478. The smallest absolute Gasteiger partial charge is 0.422 e. The predicted octanol–water partition coefficient (Wildman–Crippen LogP) is 3.05. The lowest BCUT2D eigenvalue weighted by Gasteiger charge is -2.10. The number of ether oxygens (including phenoxy) is 1. The number of carbonyl (C=O) groups excluding carboxylic acids is 2. The summed E-state index contributed by atoms with van der Waals surface area (Å²) in [6, 6.07) is 11.4. The Morgan fingerprint density at radius 1 is 1.00 bits per heavy atom. The molecule has 0 aliphatic heterocycles. The number of nitrogens with two attached hydrogens (primary N) is 1. The Balaban J connectivity index is 1.91. The first-order chi connectivity index (χ1) is 12.2. The van der Waals surface area contributed by atoms with Gasteiger partial charge in [-0.15, -0.1) is 0 Å². The van der Waals surface area contributed by atoms with E-state index in [0.29, 0.717) is 11.3 Å². The highest BCUT2D eigenvalue weighted by Crippen LogP contribution is 2.20. The van der Waals surface area contributed by atoms with Gasteiger partial charge in [0, 0.05) is 17.8 Å². The van der Waals surface area contributed by atoms with E-state index in [-0.39, 0.29) is 18.2 Å². The van der Waals surface area contributed by atoms with E-state index in [0.717, 1.165) is 5.56 Å². The summed E-state index contributed by atoms with van der Waals surface area (Å²) in [6.45, 7) is -1.13. The number of primary amides is 1. The molecule has 6 nitrogen and oxygen atoms in total. The molecule has 0 spiro atoms. The van der Waals surface area contributed by atoms with Gasteiger partial charge >= 0.3 is 12.2 Å². The molecular formula is C17H16F3N3O3. The van der Waals surface area contributed by atoms with E-state index >= 15 is 0 Å². The van der Waals surface area contributed by atoms with Gasteiger partial charge in [0.25, 0.3) is 5.91 Å². The third-order valence-electron chi connectivity index (χ3n) is 3.20. The summed E-state index contributed by atoms with van der Waals surface area (Å²) in [7, 11) is 0. The van der Waals surface area contributed by atoms with E-state index in [2.05, 4.69) is 15.4 Å². The first-order valence-electron chi connectivity index (χ1n) is 7.46. The van der Waals surface area contributed by atoms with Gasteiger partial charge in [-0.25, -0.2) is 4.79 Å². The van der Waals surface area contributed by atoms with Crippen molar-refractivity contribution in [3.63, 3.8) is 0 Å². The summed E-state index contributed by atoms with van der Waals surface area (Å²) in [4.78, 5) is 22.8. The second-order valence-corrected chi connectivity index (χ2v) is 5.30. The van der Waals surface area contributed by atoms with Crippen molar-refractivity contribution in [3.05, 3.63) is 59.7 Å². The van der Waals surface area contributed by atoms with E-state index in [9.17, 15) is 22.8 Å². The Morgan fingerprint density at radius 3 is 2.15 bits per heavy atom. The fourth-order valence-electron chi connectivity index (χ4n) is 1.97. The van der Waals surface area contributed by atoms with Crippen LogP contribution in [0.2, 0.25) is 0 Å². The summed E-state index contributed by atoms with van der Waals surface area (Å²) in [5, 5.41) is 5.05. The molecule has 0 atom stereocenters. The summed E-state index contributed by atoms with van der Waals surface area (Å²) >= 11 is 0. The number of anilines is 1. The van der Waals surface area contributed by atoms with Gasteiger partial charge < -0.3 is 21.1 Å².